The fourth-order valence-corrected chi connectivity index (χ4v) is 0.465. The molecule has 46 valence electrons. The zero-order valence-electron chi connectivity index (χ0n) is 4.82. The molecule has 8 heavy (non-hydrogen) atoms. The number of hydrogen-bond donors (Lipinski definition) is 1. The van der Waals surface area contributed by atoms with Gasteiger partial charge in [0.05, 0.1) is 0 Å². The molecule has 0 aliphatic carbocycles. The highest BCUT2D eigenvalue weighted by Gasteiger charge is 1.81. The van der Waals surface area contributed by atoms with Crippen molar-refractivity contribution >= 4 is 16.9 Å². The van der Waals surface area contributed by atoms with Crippen molar-refractivity contribution in [3.63, 3.8) is 0 Å². The average molecular weight is 133 g/mol. The molecule has 3 heteroatoms. The molecule has 2 nitrogen and oxygen atoms in total. The summed E-state index contributed by atoms with van der Waals surface area (Å²) in [4.78, 5) is 3.81. The fourth-order valence-electron chi connectivity index (χ4n) is 0.269. The van der Waals surface area contributed by atoms with Gasteiger partial charge < -0.3 is 5.32 Å². The third kappa shape index (κ3) is 3.68. The van der Waals surface area contributed by atoms with Gasteiger partial charge in [0, 0.05) is 6.54 Å². The lowest BCUT2D eigenvalue weighted by Crippen LogP contribution is -2.09. The van der Waals surface area contributed by atoms with Gasteiger partial charge in [0.1, 0.15) is 0 Å². The molecule has 0 aromatic carbocycles. The average Bonchev–Trinajstić information content (AvgIpc) is 1.68. The Hall–Kier alpha value is -0.500. The molecule has 0 aliphatic heterocycles. The summed E-state index contributed by atoms with van der Waals surface area (Å²) >= 11 is 5.45. The Bertz CT molecular complexity index is 98.6. The Morgan fingerprint density at radius 1 is 2.00 bits per heavy atom. The summed E-state index contributed by atoms with van der Waals surface area (Å²) in [7, 11) is 0. The lowest BCUT2D eigenvalue weighted by molar-refractivity contribution is 1.11. The van der Waals surface area contributed by atoms with Gasteiger partial charge in [-0.25, -0.2) is 0 Å². The Morgan fingerprint density at radius 2 is 2.62 bits per heavy atom. The minimum atomic E-state index is 0.391. The van der Waals surface area contributed by atoms with E-state index in [1.165, 1.54) is 6.20 Å². The molecule has 0 saturated heterocycles. The molecule has 1 N–H and O–H groups in total. The molecule has 0 bridgehead atoms. The standard InChI is InChI=1S/C5H9ClN2/c1-3-7-5(6)8-4-2/h3H,1,4H2,2H3,(H,7,8). The number of rotatable bonds is 2. The Morgan fingerprint density at radius 3 is 3.00 bits per heavy atom. The van der Waals surface area contributed by atoms with E-state index in [2.05, 4.69) is 16.9 Å². The number of aliphatic imine (C=N–C) groups is 1. The molecule has 0 aromatic heterocycles. The molecular weight excluding hydrogens is 124 g/mol. The molecule has 0 saturated carbocycles. The van der Waals surface area contributed by atoms with E-state index in [9.17, 15) is 0 Å². The van der Waals surface area contributed by atoms with Crippen LogP contribution in [0, 0.1) is 0 Å². The summed E-state index contributed by atoms with van der Waals surface area (Å²) in [5.74, 6) is 0. The van der Waals surface area contributed by atoms with Crippen LogP contribution in [0.3, 0.4) is 0 Å². The zero-order valence-corrected chi connectivity index (χ0v) is 5.57. The first-order chi connectivity index (χ1) is 3.81. The SMILES string of the molecule is C=CNC(Cl)=NCC. The summed E-state index contributed by atoms with van der Waals surface area (Å²) in [6, 6.07) is 0. The van der Waals surface area contributed by atoms with Crippen LogP contribution < -0.4 is 5.32 Å². The first-order valence-electron chi connectivity index (χ1n) is 2.38. The number of hydrogen-bond acceptors (Lipinski definition) is 1. The topological polar surface area (TPSA) is 24.4 Å². The second-order valence-corrected chi connectivity index (χ2v) is 1.47. The second kappa shape index (κ2) is 4.65. The van der Waals surface area contributed by atoms with Gasteiger partial charge in [0.15, 0.2) is 5.29 Å². The summed E-state index contributed by atoms with van der Waals surface area (Å²) in [5, 5.41) is 3.02. The van der Waals surface area contributed by atoms with E-state index in [-0.39, 0.29) is 0 Å². The quantitative estimate of drug-likeness (QED) is 0.342. The molecule has 0 amide bonds. The van der Waals surface area contributed by atoms with Crippen molar-refractivity contribution in [3.05, 3.63) is 12.8 Å². The van der Waals surface area contributed by atoms with Crippen LogP contribution in [0.5, 0.6) is 0 Å². The van der Waals surface area contributed by atoms with E-state index in [1.54, 1.807) is 0 Å². The van der Waals surface area contributed by atoms with Gasteiger partial charge >= 0.3 is 0 Å². The maximum absolute atomic E-state index is 5.45. The van der Waals surface area contributed by atoms with Crippen molar-refractivity contribution < 1.29 is 0 Å². The van der Waals surface area contributed by atoms with Gasteiger partial charge in [0.25, 0.3) is 0 Å². The lowest BCUT2D eigenvalue weighted by atomic mass is 10.8. The van der Waals surface area contributed by atoms with Crippen molar-refractivity contribution in [1.29, 1.82) is 0 Å². The maximum Gasteiger partial charge on any atom is 0.195 e. The van der Waals surface area contributed by atoms with E-state index in [4.69, 9.17) is 11.6 Å². The van der Waals surface area contributed by atoms with Gasteiger partial charge in [0.2, 0.25) is 0 Å². The molecule has 0 rings (SSSR count). The number of nitrogens with one attached hydrogen (secondary N) is 1. The van der Waals surface area contributed by atoms with Crippen molar-refractivity contribution in [2.75, 3.05) is 6.54 Å². The largest absolute Gasteiger partial charge is 0.338 e. The van der Waals surface area contributed by atoms with Gasteiger partial charge in [-0.3, -0.25) is 4.99 Å². The molecule has 0 radical (unpaired) electrons. The van der Waals surface area contributed by atoms with Crippen LogP contribution in [0.4, 0.5) is 0 Å². The van der Waals surface area contributed by atoms with Crippen molar-refractivity contribution in [2.45, 2.75) is 6.92 Å². The Labute approximate surface area is 54.3 Å². The second-order valence-electron chi connectivity index (χ2n) is 1.11. The summed E-state index contributed by atoms with van der Waals surface area (Å²) in [6.45, 7) is 6.01. The predicted molar refractivity (Wildman–Crippen MR) is 37.2 cm³/mol. The van der Waals surface area contributed by atoms with E-state index < -0.39 is 0 Å². The third-order valence-electron chi connectivity index (χ3n) is 0.518. The normalized spacial score (nSPS) is 11.0. The molecule has 0 atom stereocenters. The molecule has 0 heterocycles. The molecule has 0 unspecified atom stereocenters. The maximum atomic E-state index is 5.45. The highest BCUT2D eigenvalue weighted by Crippen LogP contribution is 1.79. The van der Waals surface area contributed by atoms with Crippen molar-refractivity contribution in [1.82, 2.24) is 5.32 Å². The Balaban J connectivity index is 3.44. The van der Waals surface area contributed by atoms with Gasteiger partial charge in [-0.05, 0) is 24.7 Å². The molecule has 0 aliphatic rings. The minimum Gasteiger partial charge on any atom is -0.338 e. The van der Waals surface area contributed by atoms with Crippen molar-refractivity contribution in [2.24, 2.45) is 4.99 Å². The molecule has 0 spiro atoms. The van der Waals surface area contributed by atoms with Crippen LogP contribution in [0.2, 0.25) is 0 Å². The van der Waals surface area contributed by atoms with Crippen LogP contribution in [0.15, 0.2) is 17.8 Å². The van der Waals surface area contributed by atoms with Crippen LogP contribution in [0.25, 0.3) is 0 Å². The van der Waals surface area contributed by atoms with Gasteiger partial charge in [-0.15, -0.1) is 0 Å². The van der Waals surface area contributed by atoms with Crippen molar-refractivity contribution in [3.8, 4) is 0 Å². The predicted octanol–water partition coefficient (Wildman–Crippen LogP) is 1.33. The summed E-state index contributed by atoms with van der Waals surface area (Å²) < 4.78 is 0. The van der Waals surface area contributed by atoms with E-state index in [0.717, 1.165) is 0 Å². The highest BCUT2D eigenvalue weighted by atomic mass is 35.5. The smallest absolute Gasteiger partial charge is 0.195 e. The molecule has 0 fully saturated rings. The zero-order chi connectivity index (χ0) is 6.41. The monoisotopic (exact) mass is 132 g/mol. The van der Waals surface area contributed by atoms with Gasteiger partial charge in [-0.1, -0.05) is 6.58 Å². The van der Waals surface area contributed by atoms with E-state index in [0.29, 0.717) is 11.8 Å². The fraction of sp³-hybridized carbons (Fsp3) is 0.400. The van der Waals surface area contributed by atoms with Crippen LogP contribution in [-0.2, 0) is 0 Å². The van der Waals surface area contributed by atoms with Crippen LogP contribution in [-0.4, -0.2) is 11.8 Å². The number of nitrogens with zero attached hydrogens (tertiary/aromatic N) is 1. The summed E-state index contributed by atoms with van der Waals surface area (Å²) in [5.41, 5.74) is 0. The first-order valence-corrected chi connectivity index (χ1v) is 2.76. The van der Waals surface area contributed by atoms with Crippen LogP contribution in [0.1, 0.15) is 6.92 Å². The first kappa shape index (κ1) is 7.50. The molecule has 0 aromatic rings. The number of amidine groups is 1. The van der Waals surface area contributed by atoms with Crippen LogP contribution >= 0.6 is 11.6 Å². The minimum absolute atomic E-state index is 0.391. The van der Waals surface area contributed by atoms with E-state index >= 15 is 0 Å². The van der Waals surface area contributed by atoms with Gasteiger partial charge in [-0.2, -0.15) is 0 Å². The number of halogens is 1. The summed E-state index contributed by atoms with van der Waals surface area (Å²) in [6.07, 6.45) is 1.49. The van der Waals surface area contributed by atoms with E-state index in [1.807, 2.05) is 6.92 Å². The highest BCUT2D eigenvalue weighted by molar-refractivity contribution is 6.64. The lowest BCUT2D eigenvalue weighted by Gasteiger charge is -1.91. The third-order valence-corrected chi connectivity index (χ3v) is 0.747. The Kier molecular flexibility index (Phi) is 4.36. The molecular formula is C5H9ClN2.